The zero-order valence-corrected chi connectivity index (χ0v) is 17.7. The summed E-state index contributed by atoms with van der Waals surface area (Å²) in [6.45, 7) is 12.8. The van der Waals surface area contributed by atoms with Crippen LogP contribution < -0.4 is 10.6 Å². The number of carbonyl (C=O) groups is 1. The van der Waals surface area contributed by atoms with E-state index < -0.39 is 0 Å². The first-order valence-electron chi connectivity index (χ1n) is 10.5. The fourth-order valence-electron chi connectivity index (χ4n) is 3.65. The number of rotatable bonds is 6. The summed E-state index contributed by atoms with van der Waals surface area (Å²) in [5.41, 5.74) is 2.08. The van der Waals surface area contributed by atoms with Gasteiger partial charge in [0.2, 0.25) is 5.89 Å². The Morgan fingerprint density at radius 3 is 2.89 bits per heavy atom. The lowest BCUT2D eigenvalue weighted by Gasteiger charge is -2.30. The molecule has 2 heterocycles. The molecule has 1 unspecified atom stereocenters. The fraction of sp³-hybridized carbons (Fsp3) is 0.636. The SMILES string of the molecule is CC1CCCN(CCCCNC(=O)Nc2ccc3oc(C(C)(C)C)nc3c2)C1. The molecule has 0 bridgehead atoms. The number of oxazole rings is 1. The number of likely N-dealkylation sites (tertiary alicyclic amines) is 1. The number of piperidine rings is 1. The van der Waals surface area contributed by atoms with Crippen LogP contribution in [0.5, 0.6) is 0 Å². The summed E-state index contributed by atoms with van der Waals surface area (Å²) in [5, 5.41) is 5.83. The van der Waals surface area contributed by atoms with Crippen molar-refractivity contribution in [2.24, 2.45) is 5.92 Å². The Bertz CT molecular complexity index is 793. The highest BCUT2D eigenvalue weighted by Crippen LogP contribution is 2.27. The summed E-state index contributed by atoms with van der Waals surface area (Å²) < 4.78 is 5.80. The molecular formula is C22H34N4O2. The van der Waals surface area contributed by atoms with Crippen LogP contribution in [0.15, 0.2) is 22.6 Å². The van der Waals surface area contributed by atoms with Crippen molar-refractivity contribution in [2.75, 3.05) is 31.5 Å². The largest absolute Gasteiger partial charge is 0.440 e. The first-order valence-corrected chi connectivity index (χ1v) is 10.5. The first-order chi connectivity index (χ1) is 13.3. The van der Waals surface area contributed by atoms with Crippen LogP contribution in [0.25, 0.3) is 11.1 Å². The van der Waals surface area contributed by atoms with Gasteiger partial charge in [0.1, 0.15) is 5.52 Å². The molecule has 0 spiro atoms. The number of anilines is 1. The molecule has 0 aliphatic carbocycles. The normalized spacial score (nSPS) is 18.4. The van der Waals surface area contributed by atoms with Crippen molar-refractivity contribution in [2.45, 2.75) is 58.8 Å². The number of urea groups is 1. The quantitative estimate of drug-likeness (QED) is 0.702. The molecule has 1 aromatic carbocycles. The van der Waals surface area contributed by atoms with Crippen LogP contribution in [0.4, 0.5) is 10.5 Å². The van der Waals surface area contributed by atoms with Gasteiger partial charge < -0.3 is 20.0 Å². The van der Waals surface area contributed by atoms with E-state index in [1.54, 1.807) is 0 Å². The number of benzene rings is 1. The second kappa shape index (κ2) is 8.95. The molecule has 6 heteroatoms. The highest BCUT2D eigenvalue weighted by Gasteiger charge is 2.21. The lowest BCUT2D eigenvalue weighted by Crippen LogP contribution is -2.35. The predicted octanol–water partition coefficient (Wildman–Crippen LogP) is 4.76. The lowest BCUT2D eigenvalue weighted by atomic mass is 9.97. The van der Waals surface area contributed by atoms with E-state index in [0.717, 1.165) is 42.1 Å². The predicted molar refractivity (Wildman–Crippen MR) is 114 cm³/mol. The second-order valence-corrected chi connectivity index (χ2v) is 9.09. The molecule has 0 radical (unpaired) electrons. The molecule has 3 rings (SSSR count). The Morgan fingerprint density at radius 1 is 1.32 bits per heavy atom. The van der Waals surface area contributed by atoms with Crippen molar-refractivity contribution in [3.8, 4) is 0 Å². The topological polar surface area (TPSA) is 70.4 Å². The maximum Gasteiger partial charge on any atom is 0.319 e. The van der Waals surface area contributed by atoms with Crippen molar-refractivity contribution in [3.63, 3.8) is 0 Å². The van der Waals surface area contributed by atoms with Crippen molar-refractivity contribution in [1.29, 1.82) is 0 Å². The maximum atomic E-state index is 12.1. The van der Waals surface area contributed by atoms with Gasteiger partial charge in [-0.25, -0.2) is 9.78 Å². The minimum Gasteiger partial charge on any atom is -0.440 e. The van der Waals surface area contributed by atoms with E-state index in [1.165, 1.54) is 25.9 Å². The molecule has 1 aromatic heterocycles. The number of carbonyl (C=O) groups excluding carboxylic acids is 1. The minimum atomic E-state index is -0.175. The summed E-state index contributed by atoms with van der Waals surface area (Å²) in [6.07, 6.45) is 4.79. The number of amides is 2. The van der Waals surface area contributed by atoms with E-state index in [1.807, 2.05) is 18.2 Å². The van der Waals surface area contributed by atoms with Gasteiger partial charge in [-0.1, -0.05) is 27.7 Å². The molecule has 1 aliphatic heterocycles. The Kier molecular flexibility index (Phi) is 6.60. The van der Waals surface area contributed by atoms with Crippen LogP contribution in [0.1, 0.15) is 59.3 Å². The molecule has 154 valence electrons. The molecule has 2 N–H and O–H groups in total. The number of nitrogens with zero attached hydrogens (tertiary/aromatic N) is 2. The van der Waals surface area contributed by atoms with Gasteiger partial charge in [-0.2, -0.15) is 0 Å². The van der Waals surface area contributed by atoms with Crippen molar-refractivity contribution < 1.29 is 9.21 Å². The smallest absolute Gasteiger partial charge is 0.319 e. The summed E-state index contributed by atoms with van der Waals surface area (Å²) in [4.78, 5) is 19.2. The average Bonchev–Trinajstić information content (AvgIpc) is 3.05. The Labute approximate surface area is 168 Å². The number of fused-ring (bicyclic) bond motifs is 1. The third-order valence-corrected chi connectivity index (χ3v) is 5.21. The molecule has 6 nitrogen and oxygen atoms in total. The molecular weight excluding hydrogens is 352 g/mol. The van der Waals surface area contributed by atoms with Gasteiger partial charge in [0.15, 0.2) is 5.58 Å². The number of unbranched alkanes of at least 4 members (excludes halogenated alkanes) is 1. The third kappa shape index (κ3) is 5.71. The molecule has 1 atom stereocenters. The Hall–Kier alpha value is -2.08. The summed E-state index contributed by atoms with van der Waals surface area (Å²) in [7, 11) is 0. The number of hydrogen-bond acceptors (Lipinski definition) is 4. The summed E-state index contributed by atoms with van der Waals surface area (Å²) in [6, 6.07) is 5.38. The molecule has 1 fully saturated rings. The first kappa shape index (κ1) is 20.6. The highest BCUT2D eigenvalue weighted by atomic mass is 16.3. The van der Waals surface area contributed by atoms with E-state index in [-0.39, 0.29) is 11.4 Å². The minimum absolute atomic E-state index is 0.143. The third-order valence-electron chi connectivity index (χ3n) is 5.21. The Morgan fingerprint density at radius 2 is 2.14 bits per heavy atom. The molecule has 28 heavy (non-hydrogen) atoms. The average molecular weight is 387 g/mol. The Balaban J connectivity index is 1.40. The van der Waals surface area contributed by atoms with E-state index in [2.05, 4.69) is 48.2 Å². The van der Waals surface area contributed by atoms with Gasteiger partial charge in [-0.3, -0.25) is 0 Å². The van der Waals surface area contributed by atoms with Gasteiger partial charge in [-0.15, -0.1) is 0 Å². The van der Waals surface area contributed by atoms with E-state index in [9.17, 15) is 4.79 Å². The van der Waals surface area contributed by atoms with Crippen LogP contribution >= 0.6 is 0 Å². The van der Waals surface area contributed by atoms with E-state index in [4.69, 9.17) is 4.42 Å². The zero-order chi connectivity index (χ0) is 20.1. The van der Waals surface area contributed by atoms with Crippen LogP contribution in [0, 0.1) is 5.92 Å². The second-order valence-electron chi connectivity index (χ2n) is 9.09. The van der Waals surface area contributed by atoms with Crippen molar-refractivity contribution in [3.05, 3.63) is 24.1 Å². The van der Waals surface area contributed by atoms with Gasteiger partial charge in [0.05, 0.1) is 0 Å². The maximum absolute atomic E-state index is 12.1. The fourth-order valence-corrected chi connectivity index (χ4v) is 3.65. The standard InChI is InChI=1S/C22H34N4O2/c1-16-8-7-13-26(15-16)12-6-5-11-23-21(27)24-17-9-10-19-18(14-17)25-20(28-19)22(2,3)4/h9-10,14,16H,5-8,11-13,15H2,1-4H3,(H2,23,24,27). The summed E-state index contributed by atoms with van der Waals surface area (Å²) in [5.74, 6) is 1.52. The van der Waals surface area contributed by atoms with Crippen LogP contribution in [-0.4, -0.2) is 42.1 Å². The number of nitrogens with one attached hydrogen (secondary N) is 2. The van der Waals surface area contributed by atoms with Crippen LogP contribution in [0.3, 0.4) is 0 Å². The number of aromatic nitrogens is 1. The van der Waals surface area contributed by atoms with Gasteiger partial charge in [-0.05, 0) is 62.9 Å². The molecule has 0 saturated carbocycles. The lowest BCUT2D eigenvalue weighted by molar-refractivity contribution is 0.181. The van der Waals surface area contributed by atoms with E-state index >= 15 is 0 Å². The molecule has 2 aromatic rings. The highest BCUT2D eigenvalue weighted by molar-refractivity contribution is 5.91. The van der Waals surface area contributed by atoms with Gasteiger partial charge >= 0.3 is 6.03 Å². The molecule has 1 aliphatic rings. The number of hydrogen-bond donors (Lipinski definition) is 2. The summed E-state index contributed by atoms with van der Waals surface area (Å²) >= 11 is 0. The van der Waals surface area contributed by atoms with Gasteiger partial charge in [0, 0.05) is 24.2 Å². The zero-order valence-electron chi connectivity index (χ0n) is 17.7. The van der Waals surface area contributed by atoms with Crippen molar-refractivity contribution in [1.82, 2.24) is 15.2 Å². The van der Waals surface area contributed by atoms with Crippen molar-refractivity contribution >= 4 is 22.8 Å². The van der Waals surface area contributed by atoms with Gasteiger partial charge in [0.25, 0.3) is 0 Å². The van der Waals surface area contributed by atoms with Crippen LogP contribution in [0.2, 0.25) is 0 Å². The monoisotopic (exact) mass is 386 g/mol. The molecule has 1 saturated heterocycles. The van der Waals surface area contributed by atoms with E-state index in [0.29, 0.717) is 12.4 Å². The van der Waals surface area contributed by atoms with Crippen LogP contribution in [-0.2, 0) is 5.41 Å². The molecule has 2 amide bonds.